The van der Waals surface area contributed by atoms with Gasteiger partial charge in [-0.25, -0.2) is 4.98 Å². The molecule has 2 aromatic carbocycles. The Labute approximate surface area is 184 Å². The molecule has 8 heteroatoms. The van der Waals surface area contributed by atoms with E-state index in [0.29, 0.717) is 22.4 Å². The number of thiazole rings is 1. The lowest BCUT2D eigenvalue weighted by Crippen LogP contribution is -2.22. The molecule has 2 aromatic heterocycles. The number of rotatable bonds is 7. The first kappa shape index (κ1) is 20.6. The SMILES string of the molecule is COc1ccccc1OCC(=O)Nc1cc(C)nn1-c1nc(-c2ccc(C)cc2)cs1. The summed E-state index contributed by atoms with van der Waals surface area (Å²) in [6.07, 6.45) is 0. The Hall–Kier alpha value is -3.65. The van der Waals surface area contributed by atoms with E-state index in [1.807, 2.05) is 36.6 Å². The maximum atomic E-state index is 12.5. The van der Waals surface area contributed by atoms with Crippen LogP contribution in [0.25, 0.3) is 16.4 Å². The van der Waals surface area contributed by atoms with Gasteiger partial charge in [0.1, 0.15) is 5.82 Å². The van der Waals surface area contributed by atoms with E-state index >= 15 is 0 Å². The average Bonchev–Trinajstić information content (AvgIpc) is 3.39. The number of hydrogen-bond donors (Lipinski definition) is 1. The highest BCUT2D eigenvalue weighted by Gasteiger charge is 2.15. The van der Waals surface area contributed by atoms with Crippen LogP contribution in [0.5, 0.6) is 11.5 Å². The molecule has 0 unspecified atom stereocenters. The predicted octanol–water partition coefficient (Wildman–Crippen LogP) is 4.64. The summed E-state index contributed by atoms with van der Waals surface area (Å²) in [4.78, 5) is 17.2. The van der Waals surface area contributed by atoms with Crippen molar-refractivity contribution in [2.24, 2.45) is 0 Å². The third-order valence-corrected chi connectivity index (χ3v) is 5.36. The number of para-hydroxylation sites is 2. The van der Waals surface area contributed by atoms with Crippen molar-refractivity contribution in [3.63, 3.8) is 0 Å². The Bertz CT molecular complexity index is 1200. The van der Waals surface area contributed by atoms with Gasteiger partial charge in [-0.15, -0.1) is 11.3 Å². The van der Waals surface area contributed by atoms with Gasteiger partial charge in [-0.2, -0.15) is 9.78 Å². The molecule has 0 aliphatic carbocycles. The molecule has 0 bridgehead atoms. The minimum atomic E-state index is -0.303. The number of aryl methyl sites for hydroxylation is 2. The number of ether oxygens (including phenoxy) is 2. The van der Waals surface area contributed by atoms with Crippen molar-refractivity contribution in [3.05, 3.63) is 71.2 Å². The van der Waals surface area contributed by atoms with Crippen molar-refractivity contribution in [3.8, 4) is 27.9 Å². The molecule has 0 saturated heterocycles. The summed E-state index contributed by atoms with van der Waals surface area (Å²) >= 11 is 1.46. The molecule has 4 aromatic rings. The Morgan fingerprint density at radius 1 is 1.10 bits per heavy atom. The molecule has 0 atom stereocenters. The summed E-state index contributed by atoms with van der Waals surface area (Å²) in [5, 5.41) is 10.00. The minimum absolute atomic E-state index is 0.156. The van der Waals surface area contributed by atoms with Gasteiger partial charge in [-0.05, 0) is 26.0 Å². The molecule has 4 rings (SSSR count). The van der Waals surface area contributed by atoms with E-state index in [9.17, 15) is 4.79 Å². The highest BCUT2D eigenvalue weighted by molar-refractivity contribution is 7.12. The lowest BCUT2D eigenvalue weighted by atomic mass is 10.1. The zero-order valence-electron chi connectivity index (χ0n) is 17.5. The van der Waals surface area contributed by atoms with Crippen LogP contribution in [0.4, 0.5) is 5.82 Å². The third kappa shape index (κ3) is 4.75. The first-order chi connectivity index (χ1) is 15.0. The lowest BCUT2D eigenvalue weighted by molar-refractivity contribution is -0.118. The van der Waals surface area contributed by atoms with Gasteiger partial charge in [-0.3, -0.25) is 4.79 Å². The molecule has 0 fully saturated rings. The fourth-order valence-electron chi connectivity index (χ4n) is 3.01. The van der Waals surface area contributed by atoms with Crippen LogP contribution in [0.3, 0.4) is 0 Å². The van der Waals surface area contributed by atoms with Gasteiger partial charge < -0.3 is 14.8 Å². The standard InChI is InChI=1S/C23H22N4O3S/c1-15-8-10-17(11-9-15)18-14-31-23(24-18)27-21(12-16(2)26-27)25-22(28)13-30-20-7-5-4-6-19(20)29-3/h4-12,14H,13H2,1-3H3,(H,25,28). The number of carbonyl (C=O) groups excluding carboxylic acids is 1. The number of anilines is 1. The van der Waals surface area contributed by atoms with Crippen molar-refractivity contribution in [2.45, 2.75) is 13.8 Å². The zero-order valence-corrected chi connectivity index (χ0v) is 18.3. The van der Waals surface area contributed by atoms with Gasteiger partial charge in [0.2, 0.25) is 5.13 Å². The maximum Gasteiger partial charge on any atom is 0.263 e. The van der Waals surface area contributed by atoms with Crippen LogP contribution in [0, 0.1) is 13.8 Å². The van der Waals surface area contributed by atoms with Crippen LogP contribution in [0.2, 0.25) is 0 Å². The van der Waals surface area contributed by atoms with Crippen molar-refractivity contribution < 1.29 is 14.3 Å². The van der Waals surface area contributed by atoms with Gasteiger partial charge in [-0.1, -0.05) is 42.0 Å². The summed E-state index contributed by atoms with van der Waals surface area (Å²) in [7, 11) is 1.56. The molecule has 0 aliphatic heterocycles. The number of nitrogens with one attached hydrogen (secondary N) is 1. The summed E-state index contributed by atoms with van der Waals surface area (Å²) < 4.78 is 12.5. The minimum Gasteiger partial charge on any atom is -0.493 e. The van der Waals surface area contributed by atoms with Crippen LogP contribution in [-0.4, -0.2) is 34.4 Å². The average molecular weight is 435 g/mol. The molecule has 0 spiro atoms. The number of amides is 1. The van der Waals surface area contributed by atoms with Gasteiger partial charge >= 0.3 is 0 Å². The Morgan fingerprint density at radius 2 is 1.84 bits per heavy atom. The fourth-order valence-corrected chi connectivity index (χ4v) is 3.81. The van der Waals surface area contributed by atoms with Crippen molar-refractivity contribution in [1.29, 1.82) is 0 Å². The molecule has 31 heavy (non-hydrogen) atoms. The monoisotopic (exact) mass is 434 g/mol. The van der Waals surface area contributed by atoms with Crippen LogP contribution >= 0.6 is 11.3 Å². The zero-order chi connectivity index (χ0) is 21.8. The fraction of sp³-hybridized carbons (Fsp3) is 0.174. The smallest absolute Gasteiger partial charge is 0.263 e. The topological polar surface area (TPSA) is 78.3 Å². The molecule has 7 nitrogen and oxygen atoms in total. The molecule has 0 radical (unpaired) electrons. The van der Waals surface area contributed by atoms with Crippen molar-refractivity contribution in [2.75, 3.05) is 19.0 Å². The van der Waals surface area contributed by atoms with Crippen molar-refractivity contribution >= 4 is 23.1 Å². The Balaban J connectivity index is 1.49. The molecule has 2 heterocycles. The number of hydrogen-bond acceptors (Lipinski definition) is 6. The number of nitrogens with zero attached hydrogens (tertiary/aromatic N) is 3. The second-order valence-electron chi connectivity index (χ2n) is 6.95. The van der Waals surface area contributed by atoms with E-state index in [2.05, 4.69) is 29.5 Å². The second kappa shape index (κ2) is 9.01. The summed E-state index contributed by atoms with van der Waals surface area (Å²) in [5.41, 5.74) is 3.87. The van der Waals surface area contributed by atoms with Crippen LogP contribution < -0.4 is 14.8 Å². The third-order valence-electron chi connectivity index (χ3n) is 4.55. The summed E-state index contributed by atoms with van der Waals surface area (Å²) in [5.74, 6) is 1.31. The van der Waals surface area contributed by atoms with E-state index in [1.54, 1.807) is 30.0 Å². The largest absolute Gasteiger partial charge is 0.493 e. The second-order valence-corrected chi connectivity index (χ2v) is 7.79. The molecule has 0 aliphatic rings. The summed E-state index contributed by atoms with van der Waals surface area (Å²) in [6, 6.07) is 17.2. The van der Waals surface area contributed by atoms with Crippen LogP contribution in [-0.2, 0) is 4.79 Å². The predicted molar refractivity (Wildman–Crippen MR) is 121 cm³/mol. The highest BCUT2D eigenvalue weighted by Crippen LogP contribution is 2.27. The van der Waals surface area contributed by atoms with Crippen molar-refractivity contribution in [1.82, 2.24) is 14.8 Å². The van der Waals surface area contributed by atoms with E-state index in [4.69, 9.17) is 14.5 Å². The van der Waals surface area contributed by atoms with Crippen LogP contribution in [0.1, 0.15) is 11.3 Å². The van der Waals surface area contributed by atoms with Gasteiger partial charge in [0, 0.05) is 17.0 Å². The highest BCUT2D eigenvalue weighted by atomic mass is 32.1. The van der Waals surface area contributed by atoms with E-state index in [1.165, 1.54) is 16.9 Å². The lowest BCUT2D eigenvalue weighted by Gasteiger charge is -2.10. The first-order valence-corrected chi connectivity index (χ1v) is 10.6. The Morgan fingerprint density at radius 3 is 2.58 bits per heavy atom. The van der Waals surface area contributed by atoms with Gasteiger partial charge in [0.15, 0.2) is 18.1 Å². The number of carbonyl (C=O) groups is 1. The molecule has 1 N–H and O–H groups in total. The normalized spacial score (nSPS) is 10.7. The number of aromatic nitrogens is 3. The summed E-state index contributed by atoms with van der Waals surface area (Å²) in [6.45, 7) is 3.76. The molecule has 1 amide bonds. The molecular formula is C23H22N4O3S. The van der Waals surface area contributed by atoms with E-state index in [0.717, 1.165) is 17.0 Å². The number of benzene rings is 2. The molecular weight excluding hydrogens is 412 g/mol. The Kier molecular flexibility index (Phi) is 5.99. The molecule has 0 saturated carbocycles. The van der Waals surface area contributed by atoms with Gasteiger partial charge in [0.05, 0.1) is 18.5 Å². The first-order valence-electron chi connectivity index (χ1n) is 9.69. The van der Waals surface area contributed by atoms with Crippen LogP contribution in [0.15, 0.2) is 60.0 Å². The maximum absolute atomic E-state index is 12.5. The quantitative estimate of drug-likeness (QED) is 0.459. The number of methoxy groups -OCH3 is 1. The van der Waals surface area contributed by atoms with Gasteiger partial charge in [0.25, 0.3) is 5.91 Å². The van der Waals surface area contributed by atoms with E-state index in [-0.39, 0.29) is 12.5 Å². The van der Waals surface area contributed by atoms with E-state index < -0.39 is 0 Å². The molecule has 158 valence electrons.